The standard InChI is InChI=1S/C11H15N7O/c1-16-7-8(3-4-9(16)19)17(2)10-11-13-14-15-18(11)6-5-12-10/h5-6,8H,3-4,7H2,1-2H3. The second kappa shape index (κ2) is 4.45. The van der Waals surface area contributed by atoms with Crippen LogP contribution in [-0.2, 0) is 4.79 Å². The number of fused-ring (bicyclic) bond motifs is 1. The minimum Gasteiger partial charge on any atom is -0.352 e. The fraction of sp³-hybridized carbons (Fsp3) is 0.545. The number of tetrazole rings is 1. The van der Waals surface area contributed by atoms with Crippen LogP contribution in [0.15, 0.2) is 12.4 Å². The average Bonchev–Trinajstić information content (AvgIpc) is 2.89. The number of hydrogen-bond acceptors (Lipinski definition) is 6. The Kier molecular flexibility index (Phi) is 2.77. The van der Waals surface area contributed by atoms with Crippen LogP contribution in [0.4, 0.5) is 5.82 Å². The highest BCUT2D eigenvalue weighted by Crippen LogP contribution is 2.21. The summed E-state index contributed by atoms with van der Waals surface area (Å²) in [5.74, 6) is 0.931. The van der Waals surface area contributed by atoms with Gasteiger partial charge in [-0.15, -0.1) is 5.10 Å². The maximum atomic E-state index is 11.5. The topological polar surface area (TPSA) is 79.5 Å². The Labute approximate surface area is 110 Å². The number of likely N-dealkylation sites (N-methyl/N-ethyl adjacent to an activating group) is 2. The number of likely N-dealkylation sites (tertiary alicyclic amines) is 1. The van der Waals surface area contributed by atoms with Crippen LogP contribution in [0.3, 0.4) is 0 Å². The monoisotopic (exact) mass is 261 g/mol. The summed E-state index contributed by atoms with van der Waals surface area (Å²) < 4.78 is 1.59. The van der Waals surface area contributed by atoms with Gasteiger partial charge in [0.25, 0.3) is 0 Å². The Morgan fingerprint density at radius 2 is 2.32 bits per heavy atom. The molecule has 0 spiro atoms. The molecule has 1 saturated heterocycles. The second-order valence-electron chi connectivity index (χ2n) is 4.78. The van der Waals surface area contributed by atoms with Crippen molar-refractivity contribution in [3.05, 3.63) is 12.4 Å². The highest BCUT2D eigenvalue weighted by atomic mass is 16.2. The van der Waals surface area contributed by atoms with Crippen LogP contribution >= 0.6 is 0 Å². The molecule has 1 amide bonds. The van der Waals surface area contributed by atoms with E-state index in [2.05, 4.69) is 25.4 Å². The van der Waals surface area contributed by atoms with Crippen molar-refractivity contribution in [3.63, 3.8) is 0 Å². The molecule has 8 heteroatoms. The van der Waals surface area contributed by atoms with Crippen LogP contribution in [-0.4, -0.2) is 62.5 Å². The predicted octanol–water partition coefficient (Wildman–Crippen LogP) is -0.424. The van der Waals surface area contributed by atoms with Crippen LogP contribution in [0, 0.1) is 0 Å². The van der Waals surface area contributed by atoms with Gasteiger partial charge in [-0.1, -0.05) is 0 Å². The lowest BCUT2D eigenvalue weighted by atomic mass is 10.0. The van der Waals surface area contributed by atoms with Crippen molar-refractivity contribution in [2.24, 2.45) is 0 Å². The maximum Gasteiger partial charge on any atom is 0.222 e. The first-order valence-corrected chi connectivity index (χ1v) is 6.16. The van der Waals surface area contributed by atoms with Gasteiger partial charge in [0.05, 0.1) is 6.20 Å². The zero-order valence-electron chi connectivity index (χ0n) is 10.9. The van der Waals surface area contributed by atoms with Crippen molar-refractivity contribution in [1.82, 2.24) is 29.9 Å². The fourth-order valence-electron chi connectivity index (χ4n) is 2.39. The molecule has 1 unspecified atom stereocenters. The molecule has 0 N–H and O–H groups in total. The molecule has 1 atom stereocenters. The number of rotatable bonds is 2. The van der Waals surface area contributed by atoms with Gasteiger partial charge in [-0.05, 0) is 16.8 Å². The Hall–Kier alpha value is -2.25. The fourth-order valence-corrected chi connectivity index (χ4v) is 2.39. The molecule has 1 fully saturated rings. The smallest absolute Gasteiger partial charge is 0.222 e. The third kappa shape index (κ3) is 1.98. The van der Waals surface area contributed by atoms with E-state index >= 15 is 0 Å². The highest BCUT2D eigenvalue weighted by molar-refractivity contribution is 5.77. The molecular weight excluding hydrogens is 246 g/mol. The lowest BCUT2D eigenvalue weighted by Crippen LogP contribution is -2.47. The number of carbonyl (C=O) groups is 1. The Morgan fingerprint density at radius 3 is 3.11 bits per heavy atom. The predicted molar refractivity (Wildman–Crippen MR) is 67.6 cm³/mol. The van der Waals surface area contributed by atoms with E-state index in [0.717, 1.165) is 12.2 Å². The van der Waals surface area contributed by atoms with Crippen molar-refractivity contribution in [2.45, 2.75) is 18.9 Å². The summed E-state index contributed by atoms with van der Waals surface area (Å²) in [5.41, 5.74) is 0.629. The van der Waals surface area contributed by atoms with E-state index < -0.39 is 0 Å². The Balaban J connectivity index is 1.89. The first kappa shape index (κ1) is 11.8. The van der Waals surface area contributed by atoms with Crippen molar-refractivity contribution in [2.75, 3.05) is 25.5 Å². The summed E-state index contributed by atoms with van der Waals surface area (Å²) in [6, 6.07) is 0.234. The van der Waals surface area contributed by atoms with E-state index in [1.54, 1.807) is 21.8 Å². The highest BCUT2D eigenvalue weighted by Gasteiger charge is 2.27. The van der Waals surface area contributed by atoms with Gasteiger partial charge >= 0.3 is 0 Å². The molecule has 2 aromatic heterocycles. The van der Waals surface area contributed by atoms with Crippen LogP contribution in [0.1, 0.15) is 12.8 Å². The molecule has 0 saturated carbocycles. The lowest BCUT2D eigenvalue weighted by Gasteiger charge is -2.36. The van der Waals surface area contributed by atoms with Crippen LogP contribution in [0.25, 0.3) is 5.65 Å². The summed E-state index contributed by atoms with van der Waals surface area (Å²) in [5, 5.41) is 11.5. The molecule has 100 valence electrons. The summed E-state index contributed by atoms with van der Waals surface area (Å²) in [4.78, 5) is 19.7. The quantitative estimate of drug-likeness (QED) is 0.730. The van der Waals surface area contributed by atoms with Crippen LogP contribution < -0.4 is 4.90 Å². The second-order valence-corrected chi connectivity index (χ2v) is 4.78. The molecule has 3 heterocycles. The van der Waals surface area contributed by atoms with E-state index in [4.69, 9.17) is 0 Å². The summed E-state index contributed by atoms with van der Waals surface area (Å²) in [7, 11) is 3.79. The van der Waals surface area contributed by atoms with Crippen molar-refractivity contribution < 1.29 is 4.79 Å². The van der Waals surface area contributed by atoms with Gasteiger partial charge in [0.15, 0.2) is 5.82 Å². The SMILES string of the molecule is CN1CC(N(C)c2nccn3nnnc23)CCC1=O. The number of nitrogens with zero attached hydrogens (tertiary/aromatic N) is 7. The van der Waals surface area contributed by atoms with Gasteiger partial charge in [-0.25, -0.2) is 4.98 Å². The third-order valence-electron chi connectivity index (χ3n) is 3.58. The summed E-state index contributed by atoms with van der Waals surface area (Å²) >= 11 is 0. The van der Waals surface area contributed by atoms with E-state index in [9.17, 15) is 4.79 Å². The first-order chi connectivity index (χ1) is 9.16. The van der Waals surface area contributed by atoms with Crippen molar-refractivity contribution >= 4 is 17.4 Å². The maximum absolute atomic E-state index is 11.5. The van der Waals surface area contributed by atoms with Crippen LogP contribution in [0.2, 0.25) is 0 Å². The van der Waals surface area contributed by atoms with Gasteiger partial charge in [0.2, 0.25) is 11.6 Å². The molecule has 0 radical (unpaired) electrons. The van der Waals surface area contributed by atoms with E-state index in [1.807, 2.05) is 14.1 Å². The van der Waals surface area contributed by atoms with Gasteiger partial charge in [0, 0.05) is 39.3 Å². The van der Waals surface area contributed by atoms with Gasteiger partial charge in [-0.3, -0.25) is 4.79 Å². The lowest BCUT2D eigenvalue weighted by molar-refractivity contribution is -0.132. The first-order valence-electron chi connectivity index (χ1n) is 6.16. The summed E-state index contributed by atoms with van der Waals surface area (Å²) in [6.07, 6.45) is 4.78. The van der Waals surface area contributed by atoms with Gasteiger partial charge in [0.1, 0.15) is 0 Å². The van der Waals surface area contributed by atoms with Crippen molar-refractivity contribution in [3.8, 4) is 0 Å². The van der Waals surface area contributed by atoms with E-state index in [-0.39, 0.29) is 11.9 Å². The molecule has 3 rings (SSSR count). The number of piperidine rings is 1. The molecule has 0 aliphatic carbocycles. The van der Waals surface area contributed by atoms with Gasteiger partial charge < -0.3 is 9.80 Å². The average molecular weight is 261 g/mol. The largest absolute Gasteiger partial charge is 0.352 e. The minimum atomic E-state index is 0.194. The molecule has 1 aliphatic rings. The zero-order chi connectivity index (χ0) is 13.4. The Bertz CT molecular complexity index is 610. The molecule has 2 aromatic rings. The third-order valence-corrected chi connectivity index (χ3v) is 3.58. The van der Waals surface area contributed by atoms with Gasteiger partial charge in [-0.2, -0.15) is 4.52 Å². The molecule has 0 bridgehead atoms. The minimum absolute atomic E-state index is 0.194. The van der Waals surface area contributed by atoms with Crippen LogP contribution in [0.5, 0.6) is 0 Å². The number of hydrogen-bond donors (Lipinski definition) is 0. The Morgan fingerprint density at radius 1 is 1.47 bits per heavy atom. The number of anilines is 1. The van der Waals surface area contributed by atoms with E-state index in [0.29, 0.717) is 18.6 Å². The zero-order valence-corrected chi connectivity index (χ0v) is 10.9. The molecular formula is C11H15N7O. The molecule has 1 aliphatic heterocycles. The van der Waals surface area contributed by atoms with E-state index in [1.165, 1.54) is 0 Å². The number of aromatic nitrogens is 5. The molecule has 19 heavy (non-hydrogen) atoms. The number of amides is 1. The molecule has 8 nitrogen and oxygen atoms in total. The molecule has 0 aromatic carbocycles. The summed E-state index contributed by atoms with van der Waals surface area (Å²) in [6.45, 7) is 0.694. The van der Waals surface area contributed by atoms with Crippen molar-refractivity contribution in [1.29, 1.82) is 0 Å². The number of carbonyl (C=O) groups excluding carboxylic acids is 1. The normalized spacial score (nSPS) is 20.0.